The minimum Gasteiger partial charge on any atom is -0.479 e. The predicted octanol–water partition coefficient (Wildman–Crippen LogP) is -0.870. The van der Waals surface area contributed by atoms with Crippen LogP contribution in [0.2, 0.25) is 0 Å². The van der Waals surface area contributed by atoms with Crippen LogP contribution in [0.15, 0.2) is 0 Å². The third-order valence-corrected chi connectivity index (χ3v) is 1.57. The van der Waals surface area contributed by atoms with E-state index in [9.17, 15) is 9.59 Å². The van der Waals surface area contributed by atoms with Crippen molar-refractivity contribution in [3.63, 3.8) is 0 Å². The van der Waals surface area contributed by atoms with E-state index >= 15 is 0 Å². The molecule has 0 rings (SSSR count). The maximum Gasteiger partial charge on any atom is 0.343 e. The fourth-order valence-electron chi connectivity index (χ4n) is 0.625. The van der Waals surface area contributed by atoms with Crippen molar-refractivity contribution in [3.8, 4) is 0 Å². The van der Waals surface area contributed by atoms with E-state index in [1.165, 1.54) is 0 Å². The molecule has 70 valence electrons. The number of carboxylic acids is 1. The number of carboxylic acid groups (broad SMARTS) is 1. The van der Waals surface area contributed by atoms with Crippen molar-refractivity contribution in [2.24, 2.45) is 5.73 Å². The first kappa shape index (κ1) is 11.1. The van der Waals surface area contributed by atoms with Gasteiger partial charge >= 0.3 is 5.97 Å². The highest BCUT2D eigenvalue weighted by Gasteiger charge is 2.37. The fraction of sp³-hybridized carbons (Fsp3) is 0.714. The van der Waals surface area contributed by atoms with Crippen molar-refractivity contribution in [1.82, 2.24) is 0 Å². The monoisotopic (exact) mass is 175 g/mol. The van der Waals surface area contributed by atoms with Crippen LogP contribution < -0.4 is 5.73 Å². The fourth-order valence-corrected chi connectivity index (χ4v) is 0.625. The van der Waals surface area contributed by atoms with Gasteiger partial charge in [0.25, 0.3) is 0 Å². The molecular weight excluding hydrogens is 162 g/mol. The summed E-state index contributed by atoms with van der Waals surface area (Å²) in [5.41, 5.74) is 2.85. The number of hydrogen-bond donors (Lipinski definition) is 3. The lowest BCUT2D eigenvalue weighted by atomic mass is 9.98. The van der Waals surface area contributed by atoms with Crippen molar-refractivity contribution in [3.05, 3.63) is 0 Å². The molecule has 0 saturated heterocycles. The van der Waals surface area contributed by atoms with Gasteiger partial charge in [0.15, 0.2) is 5.78 Å². The van der Waals surface area contributed by atoms with Crippen molar-refractivity contribution < 1.29 is 19.8 Å². The van der Waals surface area contributed by atoms with Crippen molar-refractivity contribution in [2.45, 2.75) is 25.4 Å². The van der Waals surface area contributed by atoms with E-state index in [2.05, 4.69) is 0 Å². The summed E-state index contributed by atoms with van der Waals surface area (Å²) >= 11 is 0. The summed E-state index contributed by atoms with van der Waals surface area (Å²) in [5, 5.41) is 17.5. The number of rotatable bonds is 5. The van der Waals surface area contributed by atoms with Crippen LogP contribution in [-0.2, 0) is 9.59 Å². The number of aliphatic carboxylic acids is 1. The van der Waals surface area contributed by atoms with Crippen LogP contribution in [-0.4, -0.2) is 34.1 Å². The SMILES string of the molecule is C[C@@](O)(C(=O)O)C(=O)CCCN. The minimum absolute atomic E-state index is 0.00417. The predicted molar refractivity (Wildman–Crippen MR) is 41.6 cm³/mol. The number of hydrogen-bond acceptors (Lipinski definition) is 4. The van der Waals surface area contributed by atoms with Gasteiger partial charge in [-0.1, -0.05) is 0 Å². The molecule has 0 amide bonds. The molecule has 0 aromatic carbocycles. The Morgan fingerprint density at radius 2 is 2.00 bits per heavy atom. The van der Waals surface area contributed by atoms with Gasteiger partial charge in [-0.3, -0.25) is 4.79 Å². The molecule has 5 nitrogen and oxygen atoms in total. The Kier molecular flexibility index (Phi) is 3.85. The van der Waals surface area contributed by atoms with Crippen LogP contribution in [0.3, 0.4) is 0 Å². The molecule has 0 bridgehead atoms. The Hall–Kier alpha value is -0.940. The van der Waals surface area contributed by atoms with Crippen LogP contribution >= 0.6 is 0 Å². The number of aliphatic hydroxyl groups is 1. The molecule has 0 heterocycles. The molecule has 0 aliphatic rings. The van der Waals surface area contributed by atoms with E-state index < -0.39 is 17.4 Å². The quantitative estimate of drug-likeness (QED) is 0.471. The van der Waals surface area contributed by atoms with Gasteiger partial charge in [0, 0.05) is 6.42 Å². The average molecular weight is 175 g/mol. The van der Waals surface area contributed by atoms with Gasteiger partial charge in [0.05, 0.1) is 0 Å². The maximum atomic E-state index is 11.0. The van der Waals surface area contributed by atoms with Gasteiger partial charge in [0.1, 0.15) is 0 Å². The molecule has 0 unspecified atom stereocenters. The molecule has 12 heavy (non-hydrogen) atoms. The molecule has 0 fully saturated rings. The first-order valence-electron chi connectivity index (χ1n) is 3.62. The Balaban J connectivity index is 4.16. The molecule has 0 aliphatic carbocycles. The van der Waals surface area contributed by atoms with Crippen molar-refractivity contribution in [1.29, 1.82) is 0 Å². The molecule has 1 atom stereocenters. The molecule has 0 radical (unpaired) electrons. The summed E-state index contributed by atoms with van der Waals surface area (Å²) < 4.78 is 0. The van der Waals surface area contributed by atoms with E-state index in [4.69, 9.17) is 15.9 Å². The van der Waals surface area contributed by atoms with Crippen LogP contribution in [0, 0.1) is 0 Å². The molecule has 5 heteroatoms. The van der Waals surface area contributed by atoms with Crippen molar-refractivity contribution in [2.75, 3.05) is 6.54 Å². The maximum absolute atomic E-state index is 11.0. The van der Waals surface area contributed by atoms with Gasteiger partial charge < -0.3 is 15.9 Å². The second-order valence-corrected chi connectivity index (χ2v) is 2.69. The summed E-state index contributed by atoms with van der Waals surface area (Å²) in [6.45, 7) is 1.27. The number of Topliss-reactive ketones (excluding diaryl/α,β-unsaturated/α-hetero) is 1. The van der Waals surface area contributed by atoms with Gasteiger partial charge in [-0.15, -0.1) is 0 Å². The first-order chi connectivity index (χ1) is 5.42. The molecule has 0 aromatic rings. The van der Waals surface area contributed by atoms with Gasteiger partial charge in [-0.2, -0.15) is 0 Å². The number of nitrogens with two attached hydrogens (primary N) is 1. The van der Waals surface area contributed by atoms with E-state index in [1.54, 1.807) is 0 Å². The Labute approximate surface area is 70.2 Å². The van der Waals surface area contributed by atoms with Gasteiger partial charge in [-0.25, -0.2) is 4.79 Å². The topological polar surface area (TPSA) is 101 Å². The number of carbonyl (C=O) groups is 2. The zero-order valence-corrected chi connectivity index (χ0v) is 6.91. The molecule has 0 saturated carbocycles. The summed E-state index contributed by atoms with van der Waals surface area (Å²) in [5.74, 6) is -2.23. The third-order valence-electron chi connectivity index (χ3n) is 1.57. The Bertz CT molecular complexity index is 188. The van der Waals surface area contributed by atoms with E-state index in [1.807, 2.05) is 0 Å². The van der Waals surface area contributed by atoms with Gasteiger partial charge in [0.2, 0.25) is 5.60 Å². The van der Waals surface area contributed by atoms with E-state index in [0.29, 0.717) is 13.0 Å². The molecule has 0 aromatic heterocycles. The normalized spacial score (nSPS) is 15.2. The van der Waals surface area contributed by atoms with E-state index in [-0.39, 0.29) is 6.42 Å². The zero-order chi connectivity index (χ0) is 9.78. The van der Waals surface area contributed by atoms with Crippen LogP contribution in [0.5, 0.6) is 0 Å². The van der Waals surface area contributed by atoms with Crippen LogP contribution in [0.4, 0.5) is 0 Å². The van der Waals surface area contributed by atoms with Crippen LogP contribution in [0.1, 0.15) is 19.8 Å². The first-order valence-corrected chi connectivity index (χ1v) is 3.62. The van der Waals surface area contributed by atoms with Crippen molar-refractivity contribution >= 4 is 11.8 Å². The Morgan fingerprint density at radius 3 is 2.33 bits per heavy atom. The van der Waals surface area contributed by atoms with Crippen LogP contribution in [0.25, 0.3) is 0 Å². The van der Waals surface area contributed by atoms with E-state index in [0.717, 1.165) is 6.92 Å². The molecule has 4 N–H and O–H groups in total. The second-order valence-electron chi connectivity index (χ2n) is 2.69. The summed E-state index contributed by atoms with van der Waals surface area (Å²) in [6.07, 6.45) is 0.387. The lowest BCUT2D eigenvalue weighted by molar-refractivity contribution is -0.163. The highest BCUT2D eigenvalue weighted by molar-refractivity contribution is 6.05. The third kappa shape index (κ3) is 2.60. The molecule has 0 aliphatic heterocycles. The molecular formula is C7H13NO4. The lowest BCUT2D eigenvalue weighted by Gasteiger charge is -2.15. The summed E-state index contributed by atoms with van der Waals surface area (Å²) in [7, 11) is 0. The average Bonchev–Trinajstić information content (AvgIpc) is 1.99. The number of carbonyl (C=O) groups excluding carboxylic acids is 1. The highest BCUT2D eigenvalue weighted by atomic mass is 16.4. The second kappa shape index (κ2) is 4.18. The zero-order valence-electron chi connectivity index (χ0n) is 6.91. The minimum atomic E-state index is -2.27. The summed E-state index contributed by atoms with van der Waals surface area (Å²) in [4.78, 5) is 21.3. The summed E-state index contributed by atoms with van der Waals surface area (Å²) in [6, 6.07) is 0. The largest absolute Gasteiger partial charge is 0.479 e. The number of ketones is 1. The Morgan fingerprint density at radius 1 is 1.50 bits per heavy atom. The standard InChI is InChI=1S/C7H13NO4/c1-7(12,6(10)11)5(9)3-2-4-8/h12H,2-4,8H2,1H3,(H,10,11)/t7-/m0/s1. The molecule has 0 spiro atoms. The highest BCUT2D eigenvalue weighted by Crippen LogP contribution is 2.08. The smallest absolute Gasteiger partial charge is 0.343 e. The van der Waals surface area contributed by atoms with Gasteiger partial charge in [-0.05, 0) is 19.9 Å². The lowest BCUT2D eigenvalue weighted by Crippen LogP contribution is -2.43.